The van der Waals surface area contributed by atoms with Crippen molar-refractivity contribution in [2.24, 2.45) is 11.3 Å². The third-order valence-electron chi connectivity index (χ3n) is 8.90. The van der Waals surface area contributed by atoms with Crippen LogP contribution >= 0.6 is 0 Å². The minimum atomic E-state index is -0.697. The lowest BCUT2D eigenvalue weighted by Gasteiger charge is -2.31. The van der Waals surface area contributed by atoms with Gasteiger partial charge in [-0.1, -0.05) is 50.3 Å². The van der Waals surface area contributed by atoms with E-state index in [4.69, 9.17) is 4.74 Å². The van der Waals surface area contributed by atoms with Crippen molar-refractivity contribution in [2.45, 2.75) is 58.0 Å². The minimum absolute atomic E-state index is 0.0123. The molecule has 0 aliphatic heterocycles. The molecule has 0 unspecified atom stereocenters. The highest BCUT2D eigenvalue weighted by Crippen LogP contribution is 2.62. The van der Waals surface area contributed by atoms with Gasteiger partial charge < -0.3 is 9.84 Å². The summed E-state index contributed by atoms with van der Waals surface area (Å²) >= 11 is 0. The predicted octanol–water partition coefficient (Wildman–Crippen LogP) is 7.33. The van der Waals surface area contributed by atoms with Gasteiger partial charge in [0.05, 0.1) is 5.92 Å². The number of allylic oxidation sites excluding steroid dienone is 1. The number of benzene rings is 3. The van der Waals surface area contributed by atoms with Gasteiger partial charge in [-0.05, 0) is 88.7 Å². The van der Waals surface area contributed by atoms with Crippen molar-refractivity contribution in [3.63, 3.8) is 0 Å². The van der Waals surface area contributed by atoms with E-state index in [1.807, 2.05) is 30.3 Å². The lowest BCUT2D eigenvalue weighted by atomic mass is 9.72. The van der Waals surface area contributed by atoms with Crippen LogP contribution < -0.4 is 4.74 Å². The Balaban J connectivity index is 1.31. The fourth-order valence-corrected chi connectivity index (χ4v) is 6.75. The van der Waals surface area contributed by atoms with E-state index in [9.17, 15) is 9.90 Å². The minimum Gasteiger partial charge on any atom is -0.489 e. The van der Waals surface area contributed by atoms with Crippen LogP contribution in [0, 0.1) is 24.1 Å². The quantitative estimate of drug-likeness (QED) is 0.374. The maximum atomic E-state index is 15.1. The Bertz CT molecular complexity index is 1440. The van der Waals surface area contributed by atoms with E-state index in [2.05, 4.69) is 45.5 Å². The van der Waals surface area contributed by atoms with Crippen LogP contribution in [0.5, 0.6) is 5.75 Å². The fourth-order valence-electron chi connectivity index (χ4n) is 6.75. The van der Waals surface area contributed by atoms with Crippen LogP contribution in [0.15, 0.2) is 61.2 Å². The Morgan fingerprint density at radius 2 is 2.03 bits per heavy atom. The second kappa shape index (κ2) is 7.80. The summed E-state index contributed by atoms with van der Waals surface area (Å²) in [4.78, 5) is 11.6. The summed E-state index contributed by atoms with van der Waals surface area (Å²) in [6.45, 7) is 10.8. The van der Waals surface area contributed by atoms with Crippen LogP contribution in [0.25, 0.3) is 11.1 Å². The molecular formula is C32H31FO3. The van der Waals surface area contributed by atoms with Crippen LogP contribution in [0.3, 0.4) is 0 Å². The molecule has 3 nitrogen and oxygen atoms in total. The van der Waals surface area contributed by atoms with Crippen molar-refractivity contribution in [3.05, 3.63) is 100 Å². The molecule has 1 saturated carbocycles. The molecule has 0 amide bonds. The molecule has 3 atom stereocenters. The van der Waals surface area contributed by atoms with Gasteiger partial charge in [0.25, 0.3) is 0 Å². The molecule has 3 aromatic rings. The molecule has 1 spiro atoms. The summed E-state index contributed by atoms with van der Waals surface area (Å²) in [5.41, 5.74) is 7.86. The number of aliphatic carboxylic acids is 1. The van der Waals surface area contributed by atoms with Crippen molar-refractivity contribution in [3.8, 4) is 16.9 Å². The van der Waals surface area contributed by atoms with Gasteiger partial charge in [-0.2, -0.15) is 0 Å². The second-order valence-corrected chi connectivity index (χ2v) is 11.4. The van der Waals surface area contributed by atoms with E-state index >= 15 is 4.39 Å². The molecule has 1 N–H and O–H groups in total. The number of halogens is 1. The van der Waals surface area contributed by atoms with Crippen LogP contribution in [-0.4, -0.2) is 11.1 Å². The molecule has 0 radical (unpaired) electrons. The van der Waals surface area contributed by atoms with Gasteiger partial charge in [-0.15, -0.1) is 6.58 Å². The van der Waals surface area contributed by atoms with Crippen molar-refractivity contribution in [1.29, 1.82) is 0 Å². The Kier molecular flexibility index (Phi) is 4.99. The Hall–Kier alpha value is -3.40. The fraction of sp³-hybridized carbons (Fsp3) is 0.344. The van der Waals surface area contributed by atoms with Crippen LogP contribution in [0.1, 0.15) is 66.0 Å². The van der Waals surface area contributed by atoms with Gasteiger partial charge >= 0.3 is 5.97 Å². The van der Waals surface area contributed by atoms with Gasteiger partial charge in [0.2, 0.25) is 0 Å². The van der Waals surface area contributed by atoms with Gasteiger partial charge in [-0.3, -0.25) is 4.79 Å². The lowest BCUT2D eigenvalue weighted by molar-refractivity contribution is -0.139. The van der Waals surface area contributed by atoms with Gasteiger partial charge in [0.1, 0.15) is 18.2 Å². The first-order valence-corrected chi connectivity index (χ1v) is 12.7. The highest BCUT2D eigenvalue weighted by molar-refractivity contribution is 5.81. The van der Waals surface area contributed by atoms with Crippen LogP contribution in [0.4, 0.5) is 4.39 Å². The maximum Gasteiger partial charge on any atom is 0.307 e. The SMILES string of the molecule is C=CC(C)(C)[C@@H]1c2cc(COc3ccc4c(c3)[C@]3(CC4)C[C@H]3C(=O)O)ccc2-c2c(F)ccc(C)c21. The molecule has 3 aromatic carbocycles. The van der Waals surface area contributed by atoms with E-state index < -0.39 is 5.97 Å². The summed E-state index contributed by atoms with van der Waals surface area (Å²) in [6.07, 6.45) is 4.53. The van der Waals surface area contributed by atoms with Crippen molar-refractivity contribution < 1.29 is 19.0 Å². The molecule has 36 heavy (non-hydrogen) atoms. The highest BCUT2D eigenvalue weighted by atomic mass is 19.1. The van der Waals surface area contributed by atoms with Gasteiger partial charge in [0, 0.05) is 16.9 Å². The highest BCUT2D eigenvalue weighted by Gasteiger charge is 2.61. The third kappa shape index (κ3) is 3.27. The average molecular weight is 483 g/mol. The predicted molar refractivity (Wildman–Crippen MR) is 139 cm³/mol. The molecule has 3 aliphatic carbocycles. The number of carboxylic acid groups (broad SMARTS) is 1. The zero-order valence-electron chi connectivity index (χ0n) is 21.0. The van der Waals surface area contributed by atoms with E-state index in [1.165, 1.54) is 5.56 Å². The lowest BCUT2D eigenvalue weighted by Crippen LogP contribution is -2.20. The molecular weight excluding hydrogens is 451 g/mol. The van der Waals surface area contributed by atoms with Gasteiger partial charge in [-0.25, -0.2) is 4.39 Å². The molecule has 0 heterocycles. The van der Waals surface area contributed by atoms with Crippen molar-refractivity contribution >= 4 is 5.97 Å². The summed E-state index contributed by atoms with van der Waals surface area (Å²) in [5, 5.41) is 9.54. The smallest absolute Gasteiger partial charge is 0.307 e. The number of ether oxygens (including phenoxy) is 1. The van der Waals surface area contributed by atoms with E-state index in [0.29, 0.717) is 12.2 Å². The summed E-state index contributed by atoms with van der Waals surface area (Å²) in [7, 11) is 0. The number of hydrogen-bond donors (Lipinski definition) is 1. The number of fused-ring (bicyclic) bond motifs is 5. The molecule has 4 heteroatoms. The average Bonchev–Trinajstić information content (AvgIpc) is 3.34. The second-order valence-electron chi connectivity index (χ2n) is 11.4. The maximum absolute atomic E-state index is 15.1. The zero-order valence-corrected chi connectivity index (χ0v) is 21.0. The largest absolute Gasteiger partial charge is 0.489 e. The van der Waals surface area contributed by atoms with E-state index in [-0.39, 0.29) is 28.5 Å². The van der Waals surface area contributed by atoms with E-state index in [0.717, 1.165) is 58.4 Å². The summed E-state index contributed by atoms with van der Waals surface area (Å²) in [5.74, 6) is -0.383. The number of hydrogen-bond acceptors (Lipinski definition) is 2. The topological polar surface area (TPSA) is 46.5 Å². The number of aryl methyl sites for hydroxylation is 2. The standard InChI is InChI=1S/C32H31FO3/c1-5-31(3,4)29-23-14-19(7-10-22(23)28-26(33)11-6-18(2)27(28)29)17-36-21-9-8-20-12-13-32(24(20)15-21)16-25(32)30(34)35/h5-11,14-15,25,29H,1,12-13,16-17H2,2-4H3,(H,34,35)/t25-,29+,32-/m0/s1. The Morgan fingerprint density at radius 1 is 1.22 bits per heavy atom. The molecule has 0 bridgehead atoms. The third-order valence-corrected chi connectivity index (χ3v) is 8.90. The molecule has 0 saturated heterocycles. The Labute approximate surface area is 211 Å². The Morgan fingerprint density at radius 3 is 2.75 bits per heavy atom. The molecule has 0 aromatic heterocycles. The zero-order chi connectivity index (χ0) is 25.4. The summed E-state index contributed by atoms with van der Waals surface area (Å²) < 4.78 is 21.3. The first-order chi connectivity index (χ1) is 17.2. The number of carboxylic acids is 1. The van der Waals surface area contributed by atoms with Crippen molar-refractivity contribution in [2.75, 3.05) is 0 Å². The monoisotopic (exact) mass is 482 g/mol. The molecule has 6 rings (SSSR count). The normalized spacial score (nSPS) is 23.2. The first kappa shape index (κ1) is 23.0. The van der Waals surface area contributed by atoms with Gasteiger partial charge in [0.15, 0.2) is 0 Å². The molecule has 1 fully saturated rings. The number of rotatable bonds is 6. The van der Waals surface area contributed by atoms with E-state index in [1.54, 1.807) is 6.07 Å². The summed E-state index contributed by atoms with van der Waals surface area (Å²) in [6, 6.07) is 15.8. The number of carbonyl (C=O) groups is 1. The molecule has 184 valence electrons. The van der Waals surface area contributed by atoms with Crippen LogP contribution in [-0.2, 0) is 23.2 Å². The van der Waals surface area contributed by atoms with Crippen molar-refractivity contribution in [1.82, 2.24) is 0 Å². The molecule has 3 aliphatic rings. The van der Waals surface area contributed by atoms with Crippen LogP contribution in [0.2, 0.25) is 0 Å². The first-order valence-electron chi connectivity index (χ1n) is 12.7.